The number of anilines is 2. The van der Waals surface area contributed by atoms with Crippen LogP contribution < -0.4 is 10.2 Å². The molecule has 3 heterocycles. The van der Waals surface area contributed by atoms with Crippen molar-refractivity contribution in [2.45, 2.75) is 33.2 Å². The van der Waals surface area contributed by atoms with Gasteiger partial charge in [0.05, 0.1) is 0 Å². The number of hydrogen-bond acceptors (Lipinski definition) is 5. The molecule has 22 heavy (non-hydrogen) atoms. The zero-order chi connectivity index (χ0) is 15.4. The largest absolute Gasteiger partial charge is 0.366 e. The van der Waals surface area contributed by atoms with Crippen molar-refractivity contribution in [3.05, 3.63) is 41.9 Å². The van der Waals surface area contributed by atoms with E-state index in [1.165, 1.54) is 18.4 Å². The van der Waals surface area contributed by atoms with Crippen molar-refractivity contribution in [1.29, 1.82) is 0 Å². The average Bonchev–Trinajstić information content (AvgIpc) is 2.53. The number of aryl methyl sites for hydroxylation is 1. The van der Waals surface area contributed by atoms with Crippen LogP contribution in [0.5, 0.6) is 0 Å². The molecule has 116 valence electrons. The zero-order valence-corrected chi connectivity index (χ0v) is 13.3. The molecule has 0 aromatic carbocycles. The molecule has 0 amide bonds. The van der Waals surface area contributed by atoms with E-state index in [2.05, 4.69) is 27.1 Å². The maximum atomic E-state index is 4.69. The van der Waals surface area contributed by atoms with Crippen LogP contribution in [0.3, 0.4) is 0 Å². The first-order valence-corrected chi connectivity index (χ1v) is 7.94. The number of rotatable bonds is 4. The topological polar surface area (TPSA) is 53.9 Å². The monoisotopic (exact) mass is 297 g/mol. The van der Waals surface area contributed by atoms with E-state index in [4.69, 9.17) is 4.98 Å². The van der Waals surface area contributed by atoms with Crippen molar-refractivity contribution in [1.82, 2.24) is 15.0 Å². The first-order chi connectivity index (χ1) is 10.7. The Morgan fingerprint density at radius 1 is 1.27 bits per heavy atom. The van der Waals surface area contributed by atoms with Crippen molar-refractivity contribution in [3.63, 3.8) is 0 Å². The fourth-order valence-electron chi connectivity index (χ4n) is 2.85. The number of aromatic nitrogens is 3. The highest BCUT2D eigenvalue weighted by molar-refractivity contribution is 5.44. The second-order valence-corrected chi connectivity index (χ2v) is 6.10. The molecule has 1 fully saturated rings. The molecule has 1 unspecified atom stereocenters. The Bertz CT molecular complexity index is 614. The molecule has 1 aliphatic heterocycles. The van der Waals surface area contributed by atoms with Crippen LogP contribution in [0.25, 0.3) is 0 Å². The normalized spacial score (nSPS) is 18.3. The molecule has 3 rings (SSSR count). The summed E-state index contributed by atoms with van der Waals surface area (Å²) in [5.41, 5.74) is 2.19. The molecule has 1 N–H and O–H groups in total. The molecule has 0 spiro atoms. The second kappa shape index (κ2) is 6.73. The summed E-state index contributed by atoms with van der Waals surface area (Å²) < 4.78 is 0. The smallest absolute Gasteiger partial charge is 0.227 e. The summed E-state index contributed by atoms with van der Waals surface area (Å²) >= 11 is 0. The summed E-state index contributed by atoms with van der Waals surface area (Å²) in [5, 5.41) is 3.39. The van der Waals surface area contributed by atoms with Crippen LogP contribution in [-0.2, 0) is 6.54 Å². The molecule has 0 bridgehead atoms. The molecule has 1 aliphatic rings. The maximum absolute atomic E-state index is 4.69. The Balaban J connectivity index is 1.72. The molecule has 5 heteroatoms. The Hall–Kier alpha value is -2.17. The molecular formula is C17H23N5. The van der Waals surface area contributed by atoms with Gasteiger partial charge in [-0.15, -0.1) is 0 Å². The van der Waals surface area contributed by atoms with Crippen LogP contribution in [0.1, 0.15) is 31.0 Å². The van der Waals surface area contributed by atoms with E-state index in [1.807, 2.05) is 37.5 Å². The highest BCUT2D eigenvalue weighted by Crippen LogP contribution is 2.21. The molecule has 2 aromatic rings. The first kappa shape index (κ1) is 14.8. The predicted molar refractivity (Wildman–Crippen MR) is 88.9 cm³/mol. The van der Waals surface area contributed by atoms with Gasteiger partial charge in [0.25, 0.3) is 0 Å². The van der Waals surface area contributed by atoms with Gasteiger partial charge in [0.1, 0.15) is 5.82 Å². The van der Waals surface area contributed by atoms with Crippen LogP contribution in [0.2, 0.25) is 0 Å². The standard InChI is InChI=1S/C17H23N5/c1-13-4-3-9-22(12-13)17-20-14(2)10-16(21-17)19-11-15-5-7-18-8-6-15/h5-8,10,13H,3-4,9,11-12H2,1-2H3,(H,19,20,21). The maximum Gasteiger partial charge on any atom is 0.227 e. The lowest BCUT2D eigenvalue weighted by atomic mass is 10.0. The van der Waals surface area contributed by atoms with Gasteiger partial charge < -0.3 is 10.2 Å². The van der Waals surface area contributed by atoms with Crippen molar-refractivity contribution < 1.29 is 0 Å². The summed E-state index contributed by atoms with van der Waals surface area (Å²) in [5.74, 6) is 2.45. The molecule has 5 nitrogen and oxygen atoms in total. The summed E-state index contributed by atoms with van der Waals surface area (Å²) in [7, 11) is 0. The van der Waals surface area contributed by atoms with E-state index < -0.39 is 0 Å². The molecule has 0 aliphatic carbocycles. The minimum Gasteiger partial charge on any atom is -0.366 e. The molecular weight excluding hydrogens is 274 g/mol. The lowest BCUT2D eigenvalue weighted by molar-refractivity contribution is 0.442. The SMILES string of the molecule is Cc1cc(NCc2ccncc2)nc(N2CCCC(C)C2)n1. The minimum absolute atomic E-state index is 0.714. The Morgan fingerprint density at radius 2 is 2.09 bits per heavy atom. The third-order valence-electron chi connectivity index (χ3n) is 4.01. The van der Waals surface area contributed by atoms with Gasteiger partial charge in [-0.05, 0) is 43.4 Å². The van der Waals surface area contributed by atoms with Gasteiger partial charge in [-0.2, -0.15) is 4.98 Å². The van der Waals surface area contributed by atoms with E-state index in [9.17, 15) is 0 Å². The van der Waals surface area contributed by atoms with Gasteiger partial charge >= 0.3 is 0 Å². The lowest BCUT2D eigenvalue weighted by Gasteiger charge is -2.31. The highest BCUT2D eigenvalue weighted by atomic mass is 15.3. The molecule has 0 saturated carbocycles. The van der Waals surface area contributed by atoms with Crippen molar-refractivity contribution in [2.75, 3.05) is 23.3 Å². The van der Waals surface area contributed by atoms with Gasteiger partial charge in [0.15, 0.2) is 0 Å². The number of nitrogens with one attached hydrogen (secondary N) is 1. The van der Waals surface area contributed by atoms with E-state index in [1.54, 1.807) is 0 Å². The van der Waals surface area contributed by atoms with E-state index in [0.29, 0.717) is 5.92 Å². The third kappa shape index (κ3) is 3.72. The minimum atomic E-state index is 0.714. The van der Waals surface area contributed by atoms with E-state index >= 15 is 0 Å². The zero-order valence-electron chi connectivity index (χ0n) is 13.3. The fraction of sp³-hybridized carbons (Fsp3) is 0.471. The lowest BCUT2D eigenvalue weighted by Crippen LogP contribution is -2.35. The van der Waals surface area contributed by atoms with E-state index in [-0.39, 0.29) is 0 Å². The second-order valence-electron chi connectivity index (χ2n) is 6.10. The number of pyridine rings is 1. The molecule has 0 radical (unpaired) electrons. The van der Waals surface area contributed by atoms with Crippen LogP contribution >= 0.6 is 0 Å². The van der Waals surface area contributed by atoms with Gasteiger partial charge in [0.2, 0.25) is 5.95 Å². The van der Waals surface area contributed by atoms with Gasteiger partial charge in [0, 0.05) is 43.8 Å². The van der Waals surface area contributed by atoms with Crippen molar-refractivity contribution in [3.8, 4) is 0 Å². The van der Waals surface area contributed by atoms with Crippen molar-refractivity contribution in [2.24, 2.45) is 5.92 Å². The summed E-state index contributed by atoms with van der Waals surface area (Å²) in [6, 6.07) is 6.01. The third-order valence-corrected chi connectivity index (χ3v) is 4.01. The van der Waals surface area contributed by atoms with Gasteiger partial charge in [-0.1, -0.05) is 6.92 Å². The van der Waals surface area contributed by atoms with Gasteiger partial charge in [-0.3, -0.25) is 4.98 Å². The Kier molecular flexibility index (Phi) is 4.51. The first-order valence-electron chi connectivity index (χ1n) is 7.94. The number of nitrogens with zero attached hydrogens (tertiary/aromatic N) is 4. The number of piperidine rings is 1. The highest BCUT2D eigenvalue weighted by Gasteiger charge is 2.19. The summed E-state index contributed by atoms with van der Waals surface area (Å²) in [6.07, 6.45) is 6.14. The summed E-state index contributed by atoms with van der Waals surface area (Å²) in [4.78, 5) is 15.6. The Labute approximate surface area is 131 Å². The Morgan fingerprint density at radius 3 is 2.86 bits per heavy atom. The average molecular weight is 297 g/mol. The summed E-state index contributed by atoms with van der Waals surface area (Å²) in [6.45, 7) is 7.17. The van der Waals surface area contributed by atoms with E-state index in [0.717, 1.165) is 37.1 Å². The quantitative estimate of drug-likeness (QED) is 0.940. The van der Waals surface area contributed by atoms with Crippen LogP contribution in [-0.4, -0.2) is 28.0 Å². The molecule has 1 atom stereocenters. The van der Waals surface area contributed by atoms with Crippen molar-refractivity contribution >= 4 is 11.8 Å². The van der Waals surface area contributed by atoms with Crippen LogP contribution in [0.4, 0.5) is 11.8 Å². The molecule has 2 aromatic heterocycles. The molecule has 1 saturated heterocycles. The predicted octanol–water partition coefficient (Wildman–Crippen LogP) is 3.03. The van der Waals surface area contributed by atoms with Gasteiger partial charge in [-0.25, -0.2) is 4.98 Å². The number of hydrogen-bond donors (Lipinski definition) is 1. The van der Waals surface area contributed by atoms with Crippen LogP contribution in [0.15, 0.2) is 30.6 Å². The van der Waals surface area contributed by atoms with Crippen LogP contribution in [0, 0.1) is 12.8 Å². The fourth-order valence-corrected chi connectivity index (χ4v) is 2.85.